The highest BCUT2D eigenvalue weighted by Gasteiger charge is 2.18. The molecule has 0 atom stereocenters. The van der Waals surface area contributed by atoms with Gasteiger partial charge >= 0.3 is 0 Å². The molecule has 0 aliphatic heterocycles. The summed E-state index contributed by atoms with van der Waals surface area (Å²) < 4.78 is 25.8. The molecule has 1 aromatic rings. The van der Waals surface area contributed by atoms with E-state index in [4.69, 9.17) is 5.73 Å². The number of aromatic hydroxyl groups is 1. The molecule has 1 aromatic carbocycles. The Balaban J connectivity index is 3.09. The topological polar surface area (TPSA) is 46.2 Å². The van der Waals surface area contributed by atoms with Crippen molar-refractivity contribution in [3.63, 3.8) is 0 Å². The minimum Gasteiger partial charge on any atom is -0.507 e. The number of benzene rings is 1. The van der Waals surface area contributed by atoms with Crippen LogP contribution in [0.4, 0.5) is 8.78 Å². The minimum absolute atomic E-state index is 0.0545. The number of rotatable bonds is 2. The van der Waals surface area contributed by atoms with Crippen molar-refractivity contribution in [2.45, 2.75) is 25.8 Å². The molecule has 0 saturated heterocycles. The molecule has 0 radical (unpaired) electrons. The third-order valence-corrected chi connectivity index (χ3v) is 1.77. The lowest BCUT2D eigenvalue weighted by molar-refractivity contribution is 0.428. The van der Waals surface area contributed by atoms with Crippen LogP contribution in [0, 0.1) is 11.6 Å². The van der Waals surface area contributed by atoms with Crippen LogP contribution in [-0.4, -0.2) is 10.6 Å². The van der Waals surface area contributed by atoms with Crippen LogP contribution in [0.5, 0.6) is 5.75 Å². The van der Waals surface area contributed by atoms with E-state index in [1.165, 1.54) is 0 Å². The summed E-state index contributed by atoms with van der Waals surface area (Å²) in [6.07, 6.45) is 0.158. The molecule has 0 saturated carbocycles. The van der Waals surface area contributed by atoms with Crippen LogP contribution in [0.2, 0.25) is 0 Å². The first kappa shape index (κ1) is 10.9. The zero-order chi connectivity index (χ0) is 10.9. The fourth-order valence-electron chi connectivity index (χ4n) is 1.22. The Morgan fingerprint density at radius 1 is 1.36 bits per heavy atom. The molecule has 2 nitrogen and oxygen atoms in total. The molecule has 4 heteroatoms. The van der Waals surface area contributed by atoms with E-state index in [2.05, 4.69) is 0 Å². The first-order valence-corrected chi connectivity index (χ1v) is 4.25. The number of phenolic OH excluding ortho intramolecular Hbond substituents is 1. The third kappa shape index (κ3) is 2.67. The predicted molar refractivity (Wildman–Crippen MR) is 50.0 cm³/mol. The van der Waals surface area contributed by atoms with E-state index >= 15 is 0 Å². The Hall–Kier alpha value is -1.16. The molecule has 0 unspecified atom stereocenters. The highest BCUT2D eigenvalue weighted by Crippen LogP contribution is 2.25. The highest BCUT2D eigenvalue weighted by atomic mass is 19.1. The Kier molecular flexibility index (Phi) is 2.76. The number of phenols is 1. The maximum Gasteiger partial charge on any atom is 0.133 e. The maximum absolute atomic E-state index is 13.2. The van der Waals surface area contributed by atoms with Gasteiger partial charge in [0.25, 0.3) is 0 Å². The monoisotopic (exact) mass is 201 g/mol. The van der Waals surface area contributed by atoms with E-state index in [0.717, 1.165) is 12.1 Å². The van der Waals surface area contributed by atoms with Crippen molar-refractivity contribution in [1.29, 1.82) is 0 Å². The van der Waals surface area contributed by atoms with Gasteiger partial charge in [-0.15, -0.1) is 0 Å². The predicted octanol–water partition coefficient (Wildman–Crippen LogP) is 1.95. The van der Waals surface area contributed by atoms with E-state index in [1.54, 1.807) is 13.8 Å². The molecular weight excluding hydrogens is 188 g/mol. The second-order valence-corrected chi connectivity index (χ2v) is 4.05. The van der Waals surface area contributed by atoms with Crippen LogP contribution < -0.4 is 5.73 Å². The molecule has 78 valence electrons. The largest absolute Gasteiger partial charge is 0.507 e. The van der Waals surface area contributed by atoms with E-state index < -0.39 is 17.2 Å². The van der Waals surface area contributed by atoms with Gasteiger partial charge in [-0.2, -0.15) is 0 Å². The zero-order valence-electron chi connectivity index (χ0n) is 8.14. The molecule has 0 fully saturated rings. The molecule has 0 spiro atoms. The smallest absolute Gasteiger partial charge is 0.133 e. The number of halogens is 2. The standard InChI is InChI=1S/C10H13F2NO/c1-10(2,13)5-7-8(12)3-6(11)4-9(7)14/h3-4,14H,5,13H2,1-2H3. The Morgan fingerprint density at radius 2 is 1.93 bits per heavy atom. The van der Waals surface area contributed by atoms with Gasteiger partial charge in [0.1, 0.15) is 17.4 Å². The first-order valence-electron chi connectivity index (χ1n) is 4.25. The summed E-state index contributed by atoms with van der Waals surface area (Å²) in [7, 11) is 0. The van der Waals surface area contributed by atoms with Crippen molar-refractivity contribution in [3.8, 4) is 5.75 Å². The second-order valence-electron chi connectivity index (χ2n) is 4.05. The van der Waals surface area contributed by atoms with Gasteiger partial charge in [0, 0.05) is 23.2 Å². The first-order chi connectivity index (χ1) is 6.29. The number of hydrogen-bond acceptors (Lipinski definition) is 2. The van der Waals surface area contributed by atoms with Gasteiger partial charge in [-0.25, -0.2) is 8.78 Å². The average molecular weight is 201 g/mol. The van der Waals surface area contributed by atoms with Crippen LogP contribution in [0.3, 0.4) is 0 Å². The molecule has 0 aliphatic carbocycles. The lowest BCUT2D eigenvalue weighted by atomic mass is 9.95. The molecule has 1 rings (SSSR count). The normalized spacial score (nSPS) is 11.8. The quantitative estimate of drug-likeness (QED) is 0.768. The summed E-state index contributed by atoms with van der Waals surface area (Å²) in [5.74, 6) is -1.94. The van der Waals surface area contributed by atoms with Crippen molar-refractivity contribution >= 4 is 0 Å². The number of hydrogen-bond donors (Lipinski definition) is 2. The van der Waals surface area contributed by atoms with Gasteiger partial charge in [-0.3, -0.25) is 0 Å². The summed E-state index contributed by atoms with van der Waals surface area (Å²) in [6, 6.07) is 1.62. The molecule has 0 bridgehead atoms. The third-order valence-electron chi connectivity index (χ3n) is 1.77. The fourth-order valence-corrected chi connectivity index (χ4v) is 1.22. The van der Waals surface area contributed by atoms with Crippen molar-refractivity contribution in [1.82, 2.24) is 0 Å². The Bertz CT molecular complexity index is 321. The maximum atomic E-state index is 13.2. The van der Waals surface area contributed by atoms with Crippen LogP contribution >= 0.6 is 0 Å². The van der Waals surface area contributed by atoms with Gasteiger partial charge in [0.2, 0.25) is 0 Å². The van der Waals surface area contributed by atoms with Crippen LogP contribution in [0.15, 0.2) is 12.1 Å². The molecule has 0 aliphatic rings. The molecule has 0 amide bonds. The number of nitrogens with two attached hydrogens (primary N) is 1. The van der Waals surface area contributed by atoms with E-state index in [9.17, 15) is 13.9 Å². The molecular formula is C10H13F2NO. The van der Waals surface area contributed by atoms with E-state index in [0.29, 0.717) is 0 Å². The lowest BCUT2D eigenvalue weighted by Gasteiger charge is -2.19. The molecule has 0 aromatic heterocycles. The summed E-state index contributed by atoms with van der Waals surface area (Å²) in [5.41, 5.74) is 5.08. The Labute approximate surface area is 81.4 Å². The van der Waals surface area contributed by atoms with Gasteiger partial charge in [0.15, 0.2) is 0 Å². The van der Waals surface area contributed by atoms with Gasteiger partial charge in [-0.05, 0) is 20.3 Å². The van der Waals surface area contributed by atoms with Crippen LogP contribution in [-0.2, 0) is 6.42 Å². The van der Waals surface area contributed by atoms with Gasteiger partial charge in [0.05, 0.1) is 0 Å². The van der Waals surface area contributed by atoms with Crippen molar-refractivity contribution in [3.05, 3.63) is 29.3 Å². The summed E-state index contributed by atoms with van der Waals surface area (Å²) in [4.78, 5) is 0. The minimum atomic E-state index is -0.793. The summed E-state index contributed by atoms with van der Waals surface area (Å²) in [6.45, 7) is 3.41. The second kappa shape index (κ2) is 3.53. The van der Waals surface area contributed by atoms with E-state index in [1.807, 2.05) is 0 Å². The SMILES string of the molecule is CC(C)(N)Cc1c(O)cc(F)cc1F. The van der Waals surface area contributed by atoms with Crippen molar-refractivity contribution < 1.29 is 13.9 Å². The molecule has 0 heterocycles. The van der Waals surface area contributed by atoms with Crippen molar-refractivity contribution in [2.75, 3.05) is 0 Å². The Morgan fingerprint density at radius 3 is 2.36 bits per heavy atom. The van der Waals surface area contributed by atoms with Crippen LogP contribution in [0.25, 0.3) is 0 Å². The van der Waals surface area contributed by atoms with Crippen molar-refractivity contribution in [2.24, 2.45) is 5.73 Å². The molecule has 14 heavy (non-hydrogen) atoms. The van der Waals surface area contributed by atoms with E-state index in [-0.39, 0.29) is 17.7 Å². The van der Waals surface area contributed by atoms with Gasteiger partial charge < -0.3 is 10.8 Å². The van der Waals surface area contributed by atoms with Gasteiger partial charge in [-0.1, -0.05) is 0 Å². The summed E-state index contributed by atoms with van der Waals surface area (Å²) >= 11 is 0. The van der Waals surface area contributed by atoms with Crippen LogP contribution in [0.1, 0.15) is 19.4 Å². The lowest BCUT2D eigenvalue weighted by Crippen LogP contribution is -2.34. The summed E-state index contributed by atoms with van der Waals surface area (Å²) in [5, 5.41) is 9.30. The molecule has 3 N–H and O–H groups in total. The average Bonchev–Trinajstić information content (AvgIpc) is 1.95. The zero-order valence-corrected chi connectivity index (χ0v) is 8.14. The highest BCUT2D eigenvalue weighted by molar-refractivity contribution is 5.35. The fraction of sp³-hybridized carbons (Fsp3) is 0.400.